The molecule has 26 heavy (non-hydrogen) atoms. The fraction of sp³-hybridized carbons (Fsp3) is 0.267. The van der Waals surface area contributed by atoms with Gasteiger partial charge in [-0.3, -0.25) is 4.79 Å². The molecule has 2 aromatic rings. The zero-order valence-electron chi connectivity index (χ0n) is 13.6. The van der Waals surface area contributed by atoms with Crippen molar-refractivity contribution in [1.82, 2.24) is 20.1 Å². The van der Waals surface area contributed by atoms with E-state index in [0.717, 1.165) is 6.21 Å². The van der Waals surface area contributed by atoms with E-state index in [1.54, 1.807) is 24.3 Å². The molecule has 2 heterocycles. The average molecular weight is 362 g/mol. The van der Waals surface area contributed by atoms with Crippen LogP contribution in [0.25, 0.3) is 5.69 Å². The Morgan fingerprint density at radius 2 is 2.15 bits per heavy atom. The first-order valence-electron chi connectivity index (χ1n) is 7.57. The van der Waals surface area contributed by atoms with E-state index in [4.69, 9.17) is 15.7 Å². The van der Waals surface area contributed by atoms with E-state index in [2.05, 4.69) is 15.5 Å². The van der Waals surface area contributed by atoms with Crippen LogP contribution >= 0.6 is 0 Å². The number of primary amides is 1. The van der Waals surface area contributed by atoms with Gasteiger partial charge >= 0.3 is 6.09 Å². The minimum Gasteiger partial charge on any atom is -0.441 e. The highest BCUT2D eigenvalue weighted by molar-refractivity contribution is 5.79. The summed E-state index contributed by atoms with van der Waals surface area (Å²) in [7, 11) is 0. The number of hydrogen-bond donors (Lipinski definition) is 2. The van der Waals surface area contributed by atoms with Crippen molar-refractivity contribution in [3.8, 4) is 5.69 Å². The number of halogens is 1. The molecule has 10 nitrogen and oxygen atoms in total. The number of carbonyl (C=O) groups is 2. The Labute approximate surface area is 146 Å². The maximum atomic E-state index is 14.2. The molecule has 0 aliphatic carbocycles. The smallest absolute Gasteiger partial charge is 0.439 e. The van der Waals surface area contributed by atoms with E-state index in [9.17, 15) is 14.1 Å². The van der Waals surface area contributed by atoms with E-state index in [0.29, 0.717) is 16.9 Å². The van der Waals surface area contributed by atoms with Crippen LogP contribution in [0.3, 0.4) is 0 Å². The van der Waals surface area contributed by atoms with Gasteiger partial charge in [-0.15, -0.1) is 10.2 Å². The molecule has 3 rings (SSSR count). The normalized spacial score (nSPS) is 21.2. The molecule has 136 valence electrons. The van der Waals surface area contributed by atoms with Crippen molar-refractivity contribution in [1.29, 1.82) is 0 Å². The standard InChI is InChI=1S/C15H15FN6O4/c1-8(14(17)23)13-12(22(16)15(24)26-13)9-2-4-11(5-3-9)21-7-10(6-18-25)19-20-21/h2-8,12-13,25H,1H3,(H2,17,23). The molecule has 3 N–H and O–H groups in total. The number of nitrogens with zero attached hydrogens (tertiary/aromatic N) is 5. The first-order valence-corrected chi connectivity index (χ1v) is 7.57. The third-order valence-corrected chi connectivity index (χ3v) is 4.11. The fourth-order valence-electron chi connectivity index (χ4n) is 2.68. The molecule has 11 heteroatoms. The lowest BCUT2D eigenvalue weighted by Crippen LogP contribution is -2.35. The highest BCUT2D eigenvalue weighted by Crippen LogP contribution is 2.37. The fourth-order valence-corrected chi connectivity index (χ4v) is 2.68. The Bertz CT molecular complexity index is 852. The molecule has 3 atom stereocenters. The molecule has 1 fully saturated rings. The quantitative estimate of drug-likeness (QED) is 0.352. The zero-order chi connectivity index (χ0) is 18.8. The predicted octanol–water partition coefficient (Wildman–Crippen LogP) is 0.943. The van der Waals surface area contributed by atoms with Gasteiger partial charge in [0.15, 0.2) is 0 Å². The van der Waals surface area contributed by atoms with Crippen molar-refractivity contribution in [3.63, 3.8) is 0 Å². The summed E-state index contributed by atoms with van der Waals surface area (Å²) in [4.78, 5) is 23.0. The largest absolute Gasteiger partial charge is 0.441 e. The molecule has 0 saturated carbocycles. The van der Waals surface area contributed by atoms with Gasteiger partial charge in [0.25, 0.3) is 0 Å². The highest BCUT2D eigenvalue weighted by Gasteiger charge is 2.47. The number of oxime groups is 1. The Morgan fingerprint density at radius 1 is 1.46 bits per heavy atom. The summed E-state index contributed by atoms with van der Waals surface area (Å²) in [6.07, 6.45) is 0.447. The molecule has 0 spiro atoms. The molecule has 1 aromatic carbocycles. The van der Waals surface area contributed by atoms with Gasteiger partial charge in [-0.05, 0) is 24.6 Å². The van der Waals surface area contributed by atoms with Crippen molar-refractivity contribution in [2.24, 2.45) is 16.8 Å². The molecule has 1 aliphatic rings. The van der Waals surface area contributed by atoms with Gasteiger partial charge in [0.1, 0.15) is 17.8 Å². The van der Waals surface area contributed by atoms with Crippen LogP contribution in [0.4, 0.5) is 9.28 Å². The summed E-state index contributed by atoms with van der Waals surface area (Å²) < 4.78 is 20.6. The lowest BCUT2D eigenvalue weighted by Gasteiger charge is -2.22. The average Bonchev–Trinajstić information content (AvgIpc) is 3.20. The third-order valence-electron chi connectivity index (χ3n) is 4.11. The summed E-state index contributed by atoms with van der Waals surface area (Å²) in [5, 5.41) is 18.9. The molecular formula is C15H15FN6O4. The molecule has 0 radical (unpaired) electrons. The SMILES string of the molecule is CC(C(N)=O)C1OC(=O)N(F)C1c1ccc(-n2cc(C=NO)nn2)cc1. The summed E-state index contributed by atoms with van der Waals surface area (Å²) >= 11 is 0. The molecule has 0 bridgehead atoms. The Hall–Kier alpha value is -3.50. The first-order chi connectivity index (χ1) is 12.4. The second kappa shape index (κ2) is 6.78. The van der Waals surface area contributed by atoms with Crippen LogP contribution in [0.1, 0.15) is 24.2 Å². The molecule has 1 aromatic heterocycles. The van der Waals surface area contributed by atoms with Crippen molar-refractivity contribution in [2.45, 2.75) is 19.1 Å². The third kappa shape index (κ3) is 3.06. The number of cyclic esters (lactones) is 1. The van der Waals surface area contributed by atoms with E-state index < -0.39 is 30.1 Å². The van der Waals surface area contributed by atoms with Gasteiger partial charge in [0.2, 0.25) is 5.91 Å². The van der Waals surface area contributed by atoms with Crippen LogP contribution in [-0.4, -0.2) is 49.6 Å². The minimum atomic E-state index is -1.17. The molecular weight excluding hydrogens is 347 g/mol. The van der Waals surface area contributed by atoms with E-state index in [-0.39, 0.29) is 5.12 Å². The number of amides is 2. The highest BCUT2D eigenvalue weighted by atomic mass is 19.2. The summed E-state index contributed by atoms with van der Waals surface area (Å²) in [6.45, 7) is 1.47. The molecule has 2 amide bonds. The van der Waals surface area contributed by atoms with E-state index in [1.165, 1.54) is 17.8 Å². The number of hydrogen-bond acceptors (Lipinski definition) is 7. The maximum Gasteiger partial charge on any atom is 0.439 e. The van der Waals surface area contributed by atoms with Gasteiger partial charge in [0, 0.05) is 0 Å². The van der Waals surface area contributed by atoms with Crippen LogP contribution < -0.4 is 5.73 Å². The monoisotopic (exact) mass is 362 g/mol. The van der Waals surface area contributed by atoms with Gasteiger partial charge in [0.05, 0.1) is 24.0 Å². The van der Waals surface area contributed by atoms with Crippen molar-refractivity contribution in [3.05, 3.63) is 41.7 Å². The van der Waals surface area contributed by atoms with Crippen LogP contribution in [0.5, 0.6) is 0 Å². The number of ether oxygens (including phenoxy) is 1. The van der Waals surface area contributed by atoms with E-state index >= 15 is 0 Å². The van der Waals surface area contributed by atoms with Gasteiger partial charge in [-0.1, -0.05) is 27.0 Å². The number of carbonyl (C=O) groups excluding carboxylic acids is 2. The molecule has 1 saturated heterocycles. The molecule has 1 aliphatic heterocycles. The Balaban J connectivity index is 1.88. The number of rotatable bonds is 5. The van der Waals surface area contributed by atoms with Crippen molar-refractivity contribution >= 4 is 18.2 Å². The molecule has 3 unspecified atom stereocenters. The zero-order valence-corrected chi connectivity index (χ0v) is 13.6. The van der Waals surface area contributed by atoms with Crippen LogP contribution in [-0.2, 0) is 9.53 Å². The van der Waals surface area contributed by atoms with Gasteiger partial charge in [-0.25, -0.2) is 9.48 Å². The van der Waals surface area contributed by atoms with Gasteiger partial charge in [-0.2, -0.15) is 0 Å². The van der Waals surface area contributed by atoms with Crippen molar-refractivity contribution < 1.29 is 24.0 Å². The topological polar surface area (TPSA) is 136 Å². The predicted molar refractivity (Wildman–Crippen MR) is 85.1 cm³/mol. The maximum absolute atomic E-state index is 14.2. The summed E-state index contributed by atoms with van der Waals surface area (Å²) in [6, 6.07) is 5.33. The van der Waals surface area contributed by atoms with Gasteiger partial charge < -0.3 is 15.7 Å². The number of benzene rings is 1. The summed E-state index contributed by atoms with van der Waals surface area (Å²) in [5.41, 5.74) is 6.63. The Kier molecular flexibility index (Phi) is 4.52. The number of aromatic nitrogens is 3. The van der Waals surface area contributed by atoms with Crippen LogP contribution in [0.15, 0.2) is 35.6 Å². The van der Waals surface area contributed by atoms with E-state index in [1.807, 2.05) is 0 Å². The lowest BCUT2D eigenvalue weighted by molar-refractivity contribution is -0.124. The summed E-state index contributed by atoms with van der Waals surface area (Å²) in [5.74, 6) is -1.56. The first kappa shape index (κ1) is 17.3. The second-order valence-electron chi connectivity index (χ2n) is 5.72. The van der Waals surface area contributed by atoms with Crippen LogP contribution in [0.2, 0.25) is 0 Å². The minimum absolute atomic E-state index is 0.0512. The van der Waals surface area contributed by atoms with Crippen LogP contribution in [0, 0.1) is 5.92 Å². The Morgan fingerprint density at radius 3 is 2.77 bits per heavy atom. The lowest BCUT2D eigenvalue weighted by atomic mass is 9.92. The number of nitrogens with two attached hydrogens (primary N) is 1. The van der Waals surface area contributed by atoms with Crippen molar-refractivity contribution in [2.75, 3.05) is 0 Å². The second-order valence-corrected chi connectivity index (χ2v) is 5.72.